The number of imide groups is 1. The van der Waals surface area contributed by atoms with Gasteiger partial charge in [0, 0.05) is 22.3 Å². The number of amides is 3. The summed E-state index contributed by atoms with van der Waals surface area (Å²) in [7, 11) is 0. The molecule has 0 aromatic heterocycles. The molecule has 1 N–H and O–H groups in total. The molecule has 4 heterocycles. The van der Waals surface area contributed by atoms with Gasteiger partial charge in [-0.2, -0.15) is 0 Å². The molecule has 3 saturated heterocycles. The summed E-state index contributed by atoms with van der Waals surface area (Å²) in [6.45, 7) is 6.49. The Balaban J connectivity index is 1.59. The van der Waals surface area contributed by atoms with E-state index in [-0.39, 0.29) is 23.8 Å². The summed E-state index contributed by atoms with van der Waals surface area (Å²) in [6.07, 6.45) is 1.71. The highest BCUT2D eigenvalue weighted by atomic mass is 35.5. The number of nitrogens with one attached hydrogen (secondary N) is 1. The molecule has 164 valence electrons. The summed E-state index contributed by atoms with van der Waals surface area (Å²) in [4.78, 5) is 45.0. The van der Waals surface area contributed by atoms with Crippen molar-refractivity contribution in [3.8, 4) is 0 Å². The number of halogens is 1. The van der Waals surface area contributed by atoms with Crippen molar-refractivity contribution in [3.05, 3.63) is 57.6 Å². The van der Waals surface area contributed by atoms with Crippen molar-refractivity contribution in [2.24, 2.45) is 11.8 Å². The van der Waals surface area contributed by atoms with E-state index in [2.05, 4.69) is 10.2 Å². The molecule has 3 fully saturated rings. The van der Waals surface area contributed by atoms with E-state index in [9.17, 15) is 14.4 Å². The van der Waals surface area contributed by atoms with Gasteiger partial charge in [0.2, 0.25) is 17.7 Å². The lowest BCUT2D eigenvalue weighted by Gasteiger charge is -2.37. The van der Waals surface area contributed by atoms with Crippen LogP contribution in [0, 0.1) is 32.6 Å². The Labute approximate surface area is 191 Å². The zero-order valence-electron chi connectivity index (χ0n) is 18.2. The Kier molecular flexibility index (Phi) is 4.00. The summed E-state index contributed by atoms with van der Waals surface area (Å²) in [5, 5.41) is 3.58. The fourth-order valence-electron chi connectivity index (χ4n) is 6.74. The lowest BCUT2D eigenvalue weighted by atomic mass is 9.75. The number of carbonyl (C=O) groups excluding carboxylic acids is 3. The summed E-state index contributed by atoms with van der Waals surface area (Å²) >= 11 is 6.32. The van der Waals surface area contributed by atoms with Crippen LogP contribution in [0.25, 0.3) is 0 Å². The van der Waals surface area contributed by atoms with Crippen LogP contribution in [0.5, 0.6) is 0 Å². The second-order valence-corrected chi connectivity index (χ2v) is 9.93. The number of hydrogen-bond donors (Lipinski definition) is 1. The summed E-state index contributed by atoms with van der Waals surface area (Å²) < 4.78 is 0. The third kappa shape index (κ3) is 2.17. The first kappa shape index (κ1) is 19.9. The molecule has 0 aliphatic carbocycles. The van der Waals surface area contributed by atoms with Crippen molar-refractivity contribution in [1.29, 1.82) is 0 Å². The predicted octanol–water partition coefficient (Wildman–Crippen LogP) is 3.70. The van der Waals surface area contributed by atoms with Gasteiger partial charge in [-0.25, -0.2) is 4.90 Å². The maximum absolute atomic E-state index is 14.0. The Hall–Kier alpha value is -2.70. The van der Waals surface area contributed by atoms with Gasteiger partial charge in [0.05, 0.1) is 17.5 Å². The second-order valence-electron chi connectivity index (χ2n) is 9.53. The molecule has 6 nitrogen and oxygen atoms in total. The Bertz CT molecular complexity index is 1240. The van der Waals surface area contributed by atoms with Gasteiger partial charge in [0.1, 0.15) is 5.54 Å². The van der Waals surface area contributed by atoms with E-state index in [1.807, 2.05) is 32.9 Å². The molecule has 4 atom stereocenters. The van der Waals surface area contributed by atoms with E-state index < -0.39 is 17.4 Å². The van der Waals surface area contributed by atoms with Crippen LogP contribution >= 0.6 is 11.6 Å². The predicted molar refractivity (Wildman–Crippen MR) is 122 cm³/mol. The number of aryl methyl sites for hydroxylation is 2. The van der Waals surface area contributed by atoms with Crippen LogP contribution in [0.2, 0.25) is 5.02 Å². The van der Waals surface area contributed by atoms with E-state index in [0.717, 1.165) is 35.2 Å². The maximum Gasteiger partial charge on any atom is 0.250 e. The van der Waals surface area contributed by atoms with E-state index in [1.165, 1.54) is 4.90 Å². The number of fused-ring (bicyclic) bond motifs is 7. The minimum absolute atomic E-state index is 0.126. The molecule has 4 aliphatic heterocycles. The van der Waals surface area contributed by atoms with Crippen molar-refractivity contribution >= 4 is 40.7 Å². The van der Waals surface area contributed by atoms with Crippen molar-refractivity contribution in [2.45, 2.75) is 45.2 Å². The second kappa shape index (κ2) is 6.42. The van der Waals surface area contributed by atoms with Crippen molar-refractivity contribution in [1.82, 2.24) is 4.90 Å². The van der Waals surface area contributed by atoms with Crippen molar-refractivity contribution in [2.75, 3.05) is 16.8 Å². The topological polar surface area (TPSA) is 69.7 Å². The maximum atomic E-state index is 14.0. The number of carbonyl (C=O) groups is 3. The summed E-state index contributed by atoms with van der Waals surface area (Å²) in [5.74, 6) is -2.00. The highest BCUT2D eigenvalue weighted by Gasteiger charge is 2.74. The van der Waals surface area contributed by atoms with Gasteiger partial charge < -0.3 is 5.32 Å². The zero-order valence-corrected chi connectivity index (χ0v) is 19.0. The third-order valence-electron chi connectivity index (χ3n) is 7.92. The molecule has 0 saturated carbocycles. The molecular weight excluding hydrogens is 426 g/mol. The molecule has 0 unspecified atom stereocenters. The molecule has 6 rings (SSSR count). The molecule has 1 spiro atoms. The van der Waals surface area contributed by atoms with Gasteiger partial charge >= 0.3 is 0 Å². The molecule has 32 heavy (non-hydrogen) atoms. The molecule has 3 amide bonds. The van der Waals surface area contributed by atoms with Gasteiger partial charge in [0.15, 0.2) is 0 Å². The van der Waals surface area contributed by atoms with Crippen LogP contribution in [0.3, 0.4) is 0 Å². The SMILES string of the molecule is Cc1cc(C)c2c(c1)[C@@]1(C(=O)N2)[C@H]2C(=O)N(c3cccc(Cl)c3C)C(=O)[C@@H]2[C@H]2CCCN21. The molecule has 4 aliphatic rings. The molecule has 2 aromatic rings. The van der Waals surface area contributed by atoms with Crippen LogP contribution in [-0.2, 0) is 19.9 Å². The van der Waals surface area contributed by atoms with Crippen LogP contribution in [-0.4, -0.2) is 35.2 Å². The first-order valence-electron chi connectivity index (χ1n) is 11.1. The minimum atomic E-state index is -1.15. The van der Waals surface area contributed by atoms with E-state index >= 15 is 0 Å². The number of rotatable bonds is 1. The van der Waals surface area contributed by atoms with Crippen LogP contribution < -0.4 is 10.2 Å². The Morgan fingerprint density at radius 1 is 1.09 bits per heavy atom. The lowest BCUT2D eigenvalue weighted by molar-refractivity contribution is -0.135. The number of anilines is 2. The minimum Gasteiger partial charge on any atom is -0.324 e. The Morgan fingerprint density at radius 2 is 1.88 bits per heavy atom. The summed E-state index contributed by atoms with van der Waals surface area (Å²) in [5.41, 5.74) is 3.69. The quantitative estimate of drug-likeness (QED) is 0.674. The van der Waals surface area contributed by atoms with Crippen molar-refractivity contribution < 1.29 is 14.4 Å². The fourth-order valence-corrected chi connectivity index (χ4v) is 6.91. The largest absolute Gasteiger partial charge is 0.324 e. The number of nitrogens with zero attached hydrogens (tertiary/aromatic N) is 2. The number of hydrogen-bond acceptors (Lipinski definition) is 4. The first-order chi connectivity index (χ1) is 15.3. The van der Waals surface area contributed by atoms with Crippen LogP contribution in [0.4, 0.5) is 11.4 Å². The van der Waals surface area contributed by atoms with E-state index in [4.69, 9.17) is 11.6 Å². The first-order valence-corrected chi connectivity index (χ1v) is 11.5. The fraction of sp³-hybridized carbons (Fsp3) is 0.400. The lowest BCUT2D eigenvalue weighted by Crippen LogP contribution is -2.54. The monoisotopic (exact) mass is 449 g/mol. The van der Waals surface area contributed by atoms with E-state index in [0.29, 0.717) is 22.8 Å². The van der Waals surface area contributed by atoms with Crippen molar-refractivity contribution in [3.63, 3.8) is 0 Å². The average Bonchev–Trinajstić information content (AvgIpc) is 3.44. The molecular formula is C25H24ClN3O3. The van der Waals surface area contributed by atoms with Gasteiger partial charge in [0.25, 0.3) is 0 Å². The zero-order chi connectivity index (χ0) is 22.5. The van der Waals surface area contributed by atoms with E-state index in [1.54, 1.807) is 18.2 Å². The smallest absolute Gasteiger partial charge is 0.250 e. The molecule has 7 heteroatoms. The van der Waals surface area contributed by atoms with Gasteiger partial charge in [-0.05, 0) is 63.4 Å². The summed E-state index contributed by atoms with van der Waals surface area (Å²) in [6, 6.07) is 9.19. The van der Waals surface area contributed by atoms with Crippen LogP contribution in [0.15, 0.2) is 30.3 Å². The standard InChI is InChI=1S/C25H24ClN3O3/c1-12-10-13(2)21-15(11-12)25(24(32)27-21)20-19(18-8-5-9-28(18)25)22(30)29(23(20)31)17-7-4-6-16(26)14(17)3/h4,6-7,10-11,18-20H,5,8-9H2,1-3H3,(H,27,32)/t18-,19-,20-,25+/m1/s1. The Morgan fingerprint density at radius 3 is 2.66 bits per heavy atom. The van der Waals surface area contributed by atoms with Gasteiger partial charge in [-0.1, -0.05) is 35.4 Å². The third-order valence-corrected chi connectivity index (χ3v) is 8.33. The molecule has 0 bridgehead atoms. The highest BCUT2D eigenvalue weighted by Crippen LogP contribution is 2.61. The van der Waals surface area contributed by atoms with Gasteiger partial charge in [-0.3, -0.25) is 19.3 Å². The highest BCUT2D eigenvalue weighted by molar-refractivity contribution is 6.32. The van der Waals surface area contributed by atoms with Crippen LogP contribution in [0.1, 0.15) is 35.1 Å². The normalized spacial score (nSPS) is 30.8. The molecule has 2 aromatic carbocycles. The van der Waals surface area contributed by atoms with Gasteiger partial charge in [-0.15, -0.1) is 0 Å². The molecule has 0 radical (unpaired) electrons. The number of benzene rings is 2. The average molecular weight is 450 g/mol.